The fourth-order valence-electron chi connectivity index (χ4n) is 2.88. The third-order valence-electron chi connectivity index (χ3n) is 3.54. The Morgan fingerprint density at radius 3 is 1.92 bits per heavy atom. The second-order valence-corrected chi connectivity index (χ2v) is 13.9. The van der Waals surface area contributed by atoms with E-state index in [1.165, 1.54) is 24.9 Å². The molecule has 78 valence electrons. The lowest BCUT2D eigenvalue weighted by Gasteiger charge is -2.36. The zero-order valence-corrected chi connectivity index (χ0v) is 12.0. The van der Waals surface area contributed by atoms with E-state index in [0.29, 0.717) is 0 Å². The molecule has 0 radical (unpaired) electrons. The Kier molecular flexibility index (Phi) is 5.05. The molecule has 1 aliphatic heterocycles. The second-order valence-electron chi connectivity index (χ2n) is 4.67. The fraction of sp³-hybridized carbons (Fsp3) is 1.00. The van der Waals surface area contributed by atoms with E-state index < -0.39 is 16.2 Å². The van der Waals surface area contributed by atoms with Crippen LogP contribution in [0.2, 0.25) is 36.3 Å². The maximum absolute atomic E-state index is 6.31. The van der Waals surface area contributed by atoms with Gasteiger partial charge in [-0.05, 0) is 12.1 Å². The predicted molar refractivity (Wildman–Crippen MR) is 68.2 cm³/mol. The van der Waals surface area contributed by atoms with Crippen molar-refractivity contribution < 1.29 is 0 Å². The Morgan fingerprint density at radius 2 is 1.54 bits per heavy atom. The minimum Gasteiger partial charge on any atom is -0.172 e. The molecule has 0 saturated carbocycles. The molecule has 0 aromatic heterocycles. The van der Waals surface area contributed by atoms with Gasteiger partial charge in [-0.1, -0.05) is 50.9 Å². The van der Waals surface area contributed by atoms with Crippen LogP contribution in [-0.4, -0.2) is 16.2 Å². The molecule has 3 heteroatoms. The highest BCUT2D eigenvalue weighted by atomic mass is 35.6. The first kappa shape index (κ1) is 11.8. The second kappa shape index (κ2) is 5.57. The smallest absolute Gasteiger partial charge is 0.140 e. The van der Waals surface area contributed by atoms with E-state index in [1.807, 2.05) is 0 Å². The van der Waals surface area contributed by atoms with Gasteiger partial charge >= 0.3 is 0 Å². The zero-order chi connectivity index (χ0) is 9.73. The first-order chi connectivity index (χ1) is 6.22. The lowest BCUT2D eigenvalue weighted by Crippen LogP contribution is -2.38. The van der Waals surface area contributed by atoms with E-state index in [0.717, 1.165) is 0 Å². The van der Waals surface area contributed by atoms with E-state index in [9.17, 15) is 0 Å². The molecular formula is C10H23ClSi2. The molecule has 1 saturated heterocycles. The van der Waals surface area contributed by atoms with Crippen molar-refractivity contribution in [3.05, 3.63) is 0 Å². The van der Waals surface area contributed by atoms with E-state index in [2.05, 4.69) is 13.8 Å². The average molecular weight is 235 g/mol. The summed E-state index contributed by atoms with van der Waals surface area (Å²) in [5, 5.41) is 0. The third kappa shape index (κ3) is 3.41. The molecule has 13 heavy (non-hydrogen) atoms. The van der Waals surface area contributed by atoms with Crippen LogP contribution in [0, 0.1) is 0 Å². The Hall–Kier alpha value is 0.724. The van der Waals surface area contributed by atoms with Gasteiger partial charge < -0.3 is 0 Å². The summed E-state index contributed by atoms with van der Waals surface area (Å²) in [5.41, 5.74) is 0. The van der Waals surface area contributed by atoms with Crippen molar-refractivity contribution in [2.24, 2.45) is 0 Å². The molecule has 0 aromatic rings. The van der Waals surface area contributed by atoms with Gasteiger partial charge in [0, 0.05) is 0 Å². The summed E-state index contributed by atoms with van der Waals surface area (Å²) in [6, 6.07) is 9.23. The first-order valence-corrected chi connectivity index (χ1v) is 12.1. The zero-order valence-electron chi connectivity index (χ0n) is 9.11. The summed E-state index contributed by atoms with van der Waals surface area (Å²) >= 11 is 6.31. The minimum absolute atomic E-state index is 0.720. The maximum atomic E-state index is 6.31. The molecule has 0 nitrogen and oxygen atoms in total. The largest absolute Gasteiger partial charge is 0.172 e. The van der Waals surface area contributed by atoms with Crippen LogP contribution in [0.4, 0.5) is 0 Å². The van der Waals surface area contributed by atoms with Gasteiger partial charge in [-0.3, -0.25) is 0 Å². The van der Waals surface area contributed by atoms with E-state index >= 15 is 0 Å². The summed E-state index contributed by atoms with van der Waals surface area (Å²) in [5.74, 6) is 0. The van der Waals surface area contributed by atoms with Crippen LogP contribution in [0.15, 0.2) is 0 Å². The van der Waals surface area contributed by atoms with E-state index in [4.69, 9.17) is 11.1 Å². The van der Waals surface area contributed by atoms with Crippen molar-refractivity contribution in [2.75, 3.05) is 0 Å². The van der Waals surface area contributed by atoms with Gasteiger partial charge in [-0.15, -0.1) is 0 Å². The van der Waals surface area contributed by atoms with Crippen LogP contribution in [-0.2, 0) is 0 Å². The summed E-state index contributed by atoms with van der Waals surface area (Å²) in [6.45, 7) is 4.71. The molecular weight excluding hydrogens is 212 g/mol. The highest BCUT2D eigenvalue weighted by Crippen LogP contribution is 2.38. The van der Waals surface area contributed by atoms with Crippen LogP contribution in [0.25, 0.3) is 0 Å². The fourth-order valence-corrected chi connectivity index (χ4v) is 16.2. The number of hydrogen-bond acceptors (Lipinski definition) is 0. The summed E-state index contributed by atoms with van der Waals surface area (Å²) < 4.78 is 0. The number of rotatable bonds is 4. The average Bonchev–Trinajstić information content (AvgIpc) is 2.11. The van der Waals surface area contributed by atoms with Crippen LogP contribution in [0.5, 0.6) is 0 Å². The van der Waals surface area contributed by atoms with Gasteiger partial charge in [-0.25, -0.2) is 0 Å². The summed E-state index contributed by atoms with van der Waals surface area (Å²) in [6.07, 6.45) is 2.83. The topological polar surface area (TPSA) is 0 Å². The van der Waals surface area contributed by atoms with Gasteiger partial charge in [0.2, 0.25) is 0 Å². The van der Waals surface area contributed by atoms with E-state index in [-0.39, 0.29) is 0 Å². The summed E-state index contributed by atoms with van der Waals surface area (Å²) in [7, 11) is -1.49. The van der Waals surface area contributed by atoms with Gasteiger partial charge in [0.1, 0.15) is 8.11 Å². The highest BCUT2D eigenvalue weighted by Gasteiger charge is 2.35. The van der Waals surface area contributed by atoms with Gasteiger partial charge in [0.25, 0.3) is 0 Å². The Balaban J connectivity index is 2.47. The monoisotopic (exact) mass is 234 g/mol. The summed E-state index contributed by atoms with van der Waals surface area (Å²) in [4.78, 5) is 0. The molecule has 1 heterocycles. The SMILES string of the molecule is CCC[Si]1(CCC)CC[SiH](Cl)CC1. The third-order valence-corrected chi connectivity index (χ3v) is 13.7. The molecule has 0 bridgehead atoms. The van der Waals surface area contributed by atoms with Crippen LogP contribution < -0.4 is 0 Å². The lowest BCUT2D eigenvalue weighted by atomic mass is 10.6. The quantitative estimate of drug-likeness (QED) is 0.505. The van der Waals surface area contributed by atoms with Crippen molar-refractivity contribution in [3.63, 3.8) is 0 Å². The van der Waals surface area contributed by atoms with Crippen molar-refractivity contribution in [1.82, 2.24) is 0 Å². The van der Waals surface area contributed by atoms with Crippen molar-refractivity contribution in [2.45, 2.75) is 63.0 Å². The minimum atomic E-state index is -0.774. The van der Waals surface area contributed by atoms with Crippen molar-refractivity contribution in [1.29, 1.82) is 0 Å². The van der Waals surface area contributed by atoms with Crippen LogP contribution >= 0.6 is 11.1 Å². The number of halogens is 1. The Bertz CT molecular complexity index is 134. The first-order valence-electron chi connectivity index (χ1n) is 5.86. The molecule has 1 rings (SSSR count). The molecule has 0 aromatic carbocycles. The predicted octanol–water partition coefficient (Wildman–Crippen LogP) is 4.23. The Labute approximate surface area is 90.4 Å². The molecule has 1 aliphatic rings. The lowest BCUT2D eigenvalue weighted by molar-refractivity contribution is 0.929. The van der Waals surface area contributed by atoms with Crippen LogP contribution in [0.3, 0.4) is 0 Å². The molecule has 0 atom stereocenters. The van der Waals surface area contributed by atoms with Crippen molar-refractivity contribution >= 4 is 27.3 Å². The Morgan fingerprint density at radius 1 is 1.08 bits per heavy atom. The van der Waals surface area contributed by atoms with Gasteiger partial charge in [-0.2, -0.15) is 11.1 Å². The molecule has 1 fully saturated rings. The standard InChI is InChI=1S/C10H23ClSi2/c1-3-7-13(8-4-2)9-5-12(11)6-10-13/h12H,3-10H2,1-2H3. The highest BCUT2D eigenvalue weighted by molar-refractivity contribution is 7.08. The van der Waals surface area contributed by atoms with Crippen LogP contribution in [0.1, 0.15) is 26.7 Å². The van der Waals surface area contributed by atoms with Crippen molar-refractivity contribution in [3.8, 4) is 0 Å². The number of hydrogen-bond donors (Lipinski definition) is 0. The molecule has 0 spiro atoms. The van der Waals surface area contributed by atoms with E-state index in [1.54, 1.807) is 24.2 Å². The van der Waals surface area contributed by atoms with Gasteiger partial charge in [0.05, 0.1) is 8.07 Å². The molecule has 0 unspecified atom stereocenters. The molecule has 0 N–H and O–H groups in total. The molecule has 0 amide bonds. The maximum Gasteiger partial charge on any atom is 0.140 e. The van der Waals surface area contributed by atoms with Gasteiger partial charge in [0.15, 0.2) is 0 Å². The molecule has 0 aliphatic carbocycles. The normalized spacial score (nSPS) is 23.3.